The fourth-order valence-electron chi connectivity index (χ4n) is 1.33. The van der Waals surface area contributed by atoms with Crippen LogP contribution in [-0.4, -0.2) is 15.0 Å². The van der Waals surface area contributed by atoms with Gasteiger partial charge in [0.25, 0.3) is 0 Å². The molecule has 7 heteroatoms. The number of nitrogens with one attached hydrogen (secondary N) is 1. The summed E-state index contributed by atoms with van der Waals surface area (Å²) < 4.78 is 0. The van der Waals surface area contributed by atoms with Gasteiger partial charge in [0.2, 0.25) is 0 Å². The minimum atomic E-state index is 0.0296. The van der Waals surface area contributed by atoms with E-state index in [1.54, 1.807) is 11.3 Å². The molecule has 0 aromatic carbocycles. The van der Waals surface area contributed by atoms with Crippen molar-refractivity contribution in [3.05, 3.63) is 27.6 Å². The molecule has 3 N–H and O–H groups in total. The highest BCUT2D eigenvalue weighted by Gasteiger charge is 2.13. The van der Waals surface area contributed by atoms with Crippen LogP contribution in [0.2, 0.25) is 5.15 Å². The first-order valence-corrected chi connectivity index (χ1v) is 6.22. The Morgan fingerprint density at radius 3 is 2.82 bits per heavy atom. The number of nitrogen functional groups attached to an aromatic ring is 1. The SMILES string of the molecule is Cc1cnc(C(C)Nc2ncnc(Cl)c2N)s1. The zero-order valence-electron chi connectivity index (χ0n) is 9.44. The van der Waals surface area contributed by atoms with Crippen LogP contribution in [0.3, 0.4) is 0 Å². The van der Waals surface area contributed by atoms with E-state index < -0.39 is 0 Å². The van der Waals surface area contributed by atoms with Crippen LogP contribution >= 0.6 is 22.9 Å². The van der Waals surface area contributed by atoms with Crippen LogP contribution in [0, 0.1) is 6.92 Å². The van der Waals surface area contributed by atoms with E-state index in [1.807, 2.05) is 20.0 Å². The Kier molecular flexibility index (Phi) is 3.44. The van der Waals surface area contributed by atoms with E-state index in [-0.39, 0.29) is 11.2 Å². The van der Waals surface area contributed by atoms with Crippen LogP contribution in [0.5, 0.6) is 0 Å². The first kappa shape index (κ1) is 12.1. The highest BCUT2D eigenvalue weighted by Crippen LogP contribution is 2.27. The smallest absolute Gasteiger partial charge is 0.157 e. The third kappa shape index (κ3) is 2.65. The van der Waals surface area contributed by atoms with E-state index in [9.17, 15) is 0 Å². The van der Waals surface area contributed by atoms with E-state index in [1.165, 1.54) is 11.2 Å². The highest BCUT2D eigenvalue weighted by atomic mass is 35.5. The minimum absolute atomic E-state index is 0.0296. The lowest BCUT2D eigenvalue weighted by Gasteiger charge is -2.13. The van der Waals surface area contributed by atoms with E-state index >= 15 is 0 Å². The van der Waals surface area contributed by atoms with Gasteiger partial charge in [-0.1, -0.05) is 11.6 Å². The quantitative estimate of drug-likeness (QED) is 0.838. The van der Waals surface area contributed by atoms with Crippen molar-refractivity contribution in [2.24, 2.45) is 0 Å². The molecule has 0 radical (unpaired) electrons. The molecule has 0 amide bonds. The third-order valence-corrected chi connectivity index (χ3v) is 3.59. The Hall–Kier alpha value is -1.40. The van der Waals surface area contributed by atoms with Gasteiger partial charge >= 0.3 is 0 Å². The van der Waals surface area contributed by atoms with Crippen molar-refractivity contribution in [1.82, 2.24) is 15.0 Å². The summed E-state index contributed by atoms with van der Waals surface area (Å²) in [5.74, 6) is 0.533. The van der Waals surface area contributed by atoms with Gasteiger partial charge in [0.1, 0.15) is 17.0 Å². The molecule has 0 saturated carbocycles. The summed E-state index contributed by atoms with van der Waals surface area (Å²) >= 11 is 7.45. The number of nitrogens with zero attached hydrogens (tertiary/aromatic N) is 3. The maximum Gasteiger partial charge on any atom is 0.157 e. The fraction of sp³-hybridized carbons (Fsp3) is 0.300. The summed E-state index contributed by atoms with van der Waals surface area (Å²) in [6.07, 6.45) is 3.22. The number of thiazole rings is 1. The molecule has 1 atom stereocenters. The fourth-order valence-corrected chi connectivity index (χ4v) is 2.24. The maximum atomic E-state index is 5.82. The summed E-state index contributed by atoms with van der Waals surface area (Å²) in [4.78, 5) is 13.3. The standard InChI is InChI=1S/C10H12ClN5S/c1-5-3-13-10(17-5)6(2)16-9-7(12)8(11)14-4-15-9/h3-4,6H,12H2,1-2H3,(H,14,15,16). The van der Waals surface area contributed by atoms with Gasteiger partial charge in [-0.2, -0.15) is 0 Å². The number of aromatic nitrogens is 3. The van der Waals surface area contributed by atoms with Crippen LogP contribution in [0.4, 0.5) is 11.5 Å². The molecular weight excluding hydrogens is 258 g/mol. The minimum Gasteiger partial charge on any atom is -0.393 e. The molecule has 0 aliphatic rings. The van der Waals surface area contributed by atoms with Gasteiger partial charge in [-0.15, -0.1) is 11.3 Å². The Balaban J connectivity index is 2.18. The zero-order valence-corrected chi connectivity index (χ0v) is 11.0. The van der Waals surface area contributed by atoms with Crippen molar-refractivity contribution in [1.29, 1.82) is 0 Å². The Morgan fingerprint density at radius 2 is 2.18 bits per heavy atom. The molecule has 1 unspecified atom stereocenters. The molecule has 2 rings (SSSR count). The summed E-state index contributed by atoms with van der Waals surface area (Å²) in [5, 5.41) is 4.41. The second kappa shape index (κ2) is 4.85. The molecule has 2 aromatic rings. The summed E-state index contributed by atoms with van der Waals surface area (Å²) in [5.41, 5.74) is 6.13. The van der Waals surface area contributed by atoms with Crippen molar-refractivity contribution < 1.29 is 0 Å². The van der Waals surface area contributed by atoms with Gasteiger partial charge < -0.3 is 11.1 Å². The number of rotatable bonds is 3. The first-order chi connectivity index (χ1) is 8.08. The van der Waals surface area contributed by atoms with Gasteiger partial charge in [-0.25, -0.2) is 15.0 Å². The molecule has 5 nitrogen and oxygen atoms in total. The number of hydrogen-bond donors (Lipinski definition) is 2. The van der Waals surface area contributed by atoms with E-state index in [2.05, 4.69) is 20.3 Å². The molecule has 0 saturated heterocycles. The molecule has 0 aliphatic heterocycles. The van der Waals surface area contributed by atoms with Crippen LogP contribution < -0.4 is 11.1 Å². The second-order valence-corrected chi connectivity index (χ2v) is 5.23. The van der Waals surface area contributed by atoms with Gasteiger partial charge in [-0.3, -0.25) is 0 Å². The van der Waals surface area contributed by atoms with E-state index in [4.69, 9.17) is 17.3 Å². The van der Waals surface area contributed by atoms with Crippen molar-refractivity contribution in [3.63, 3.8) is 0 Å². The van der Waals surface area contributed by atoms with Crippen LogP contribution in [0.15, 0.2) is 12.5 Å². The Labute approximate surface area is 108 Å². The molecule has 0 spiro atoms. The largest absolute Gasteiger partial charge is 0.393 e. The van der Waals surface area contributed by atoms with E-state index in [0.717, 1.165) is 5.01 Å². The number of aryl methyl sites for hydroxylation is 1. The maximum absolute atomic E-state index is 5.82. The summed E-state index contributed by atoms with van der Waals surface area (Å²) in [7, 11) is 0. The van der Waals surface area contributed by atoms with Crippen LogP contribution in [0.25, 0.3) is 0 Å². The Morgan fingerprint density at radius 1 is 1.41 bits per heavy atom. The topological polar surface area (TPSA) is 76.7 Å². The summed E-state index contributed by atoms with van der Waals surface area (Å²) in [6, 6.07) is 0.0296. The normalized spacial score (nSPS) is 12.4. The number of nitrogens with two attached hydrogens (primary N) is 1. The average molecular weight is 270 g/mol. The predicted molar refractivity (Wildman–Crippen MR) is 70.3 cm³/mol. The van der Waals surface area contributed by atoms with Gasteiger partial charge in [0.05, 0.1) is 6.04 Å². The molecule has 0 bridgehead atoms. The monoisotopic (exact) mass is 269 g/mol. The highest BCUT2D eigenvalue weighted by molar-refractivity contribution is 7.11. The molecule has 2 aromatic heterocycles. The van der Waals surface area contributed by atoms with Crippen molar-refractivity contribution in [2.75, 3.05) is 11.1 Å². The average Bonchev–Trinajstić information content (AvgIpc) is 2.72. The second-order valence-electron chi connectivity index (χ2n) is 3.60. The van der Waals surface area contributed by atoms with Gasteiger partial charge in [0, 0.05) is 11.1 Å². The van der Waals surface area contributed by atoms with Crippen LogP contribution in [-0.2, 0) is 0 Å². The molecule has 2 heterocycles. The molecule has 0 aliphatic carbocycles. The van der Waals surface area contributed by atoms with Crippen molar-refractivity contribution in [2.45, 2.75) is 19.9 Å². The van der Waals surface area contributed by atoms with Gasteiger partial charge in [-0.05, 0) is 13.8 Å². The number of anilines is 2. The van der Waals surface area contributed by atoms with Crippen LogP contribution in [0.1, 0.15) is 22.9 Å². The predicted octanol–water partition coefficient (Wildman–Crippen LogP) is 2.65. The lowest BCUT2D eigenvalue weighted by atomic mass is 10.3. The van der Waals surface area contributed by atoms with Gasteiger partial charge in [0.15, 0.2) is 11.0 Å². The van der Waals surface area contributed by atoms with Crippen molar-refractivity contribution >= 4 is 34.4 Å². The lowest BCUT2D eigenvalue weighted by Crippen LogP contribution is -2.10. The number of halogens is 1. The van der Waals surface area contributed by atoms with Crippen molar-refractivity contribution in [3.8, 4) is 0 Å². The number of hydrogen-bond acceptors (Lipinski definition) is 6. The zero-order chi connectivity index (χ0) is 12.4. The first-order valence-electron chi connectivity index (χ1n) is 5.02. The molecular formula is C10H12ClN5S. The third-order valence-electron chi connectivity index (χ3n) is 2.20. The molecule has 90 valence electrons. The molecule has 17 heavy (non-hydrogen) atoms. The molecule has 0 fully saturated rings. The lowest BCUT2D eigenvalue weighted by molar-refractivity contribution is 0.859. The Bertz CT molecular complexity index is 527. The summed E-state index contributed by atoms with van der Waals surface area (Å²) in [6.45, 7) is 4.01. The van der Waals surface area contributed by atoms with E-state index in [0.29, 0.717) is 11.5 Å².